The van der Waals surface area contributed by atoms with Crippen LogP contribution in [0.25, 0.3) is 67.8 Å². The van der Waals surface area contributed by atoms with E-state index < -0.39 is 0 Å². The maximum atomic E-state index is 6.42. The lowest BCUT2D eigenvalue weighted by Crippen LogP contribution is -1.97. The first kappa shape index (κ1) is 33.8. The highest BCUT2D eigenvalue weighted by molar-refractivity contribution is 5.84. The third-order valence-electron chi connectivity index (χ3n) is 9.19. The lowest BCUT2D eigenvalue weighted by atomic mass is 10.1. The molecule has 10 heteroatoms. The van der Waals surface area contributed by atoms with Gasteiger partial charge in [0.05, 0.1) is 40.0 Å². The topological polar surface area (TPSA) is 154 Å². The van der Waals surface area contributed by atoms with E-state index >= 15 is 0 Å². The molecule has 0 unspecified atom stereocenters. The van der Waals surface area contributed by atoms with E-state index in [4.69, 9.17) is 30.9 Å². The molecule has 9 aromatic rings. The van der Waals surface area contributed by atoms with Crippen molar-refractivity contribution in [1.29, 1.82) is 0 Å². The molecule has 0 atom stereocenters. The molecule has 0 fully saturated rings. The minimum atomic E-state index is 0.256. The number of hydrogen-bond acceptors (Lipinski definition) is 8. The van der Waals surface area contributed by atoms with E-state index in [0.717, 1.165) is 45.0 Å². The minimum Gasteiger partial charge on any atom is -0.438 e. The fourth-order valence-corrected chi connectivity index (χ4v) is 6.54. The minimum absolute atomic E-state index is 0.256. The second-order valence-corrected chi connectivity index (χ2v) is 13.0. The van der Waals surface area contributed by atoms with Crippen LogP contribution < -0.4 is 20.9 Å². The number of ether oxygens (including phenoxy) is 2. The molecule has 9 rings (SSSR count). The van der Waals surface area contributed by atoms with E-state index in [1.165, 1.54) is 6.33 Å². The van der Waals surface area contributed by atoms with Crippen LogP contribution in [0.2, 0.25) is 0 Å². The van der Waals surface area contributed by atoms with Gasteiger partial charge in [0.15, 0.2) is 0 Å². The van der Waals surface area contributed by atoms with Crippen molar-refractivity contribution in [3.63, 3.8) is 0 Å². The zero-order valence-corrected chi connectivity index (χ0v) is 29.9. The third kappa shape index (κ3) is 6.93. The summed E-state index contributed by atoms with van der Waals surface area (Å²) < 4.78 is 12.8. The van der Waals surface area contributed by atoms with Crippen molar-refractivity contribution in [3.8, 4) is 91.1 Å². The number of hydrogen-bond donors (Lipinski definition) is 4. The summed E-state index contributed by atoms with van der Waals surface area (Å²) in [5, 5.41) is 0. The Kier molecular flexibility index (Phi) is 8.94. The fourth-order valence-electron chi connectivity index (χ4n) is 6.54. The lowest BCUT2D eigenvalue weighted by Gasteiger charge is -2.12. The lowest BCUT2D eigenvalue weighted by molar-refractivity contribution is 0.435. The number of anilines is 2. The molecule has 270 valence electrons. The highest BCUT2D eigenvalue weighted by atomic mass is 16.5. The van der Waals surface area contributed by atoms with Crippen LogP contribution in [-0.2, 0) is 0 Å². The predicted octanol–water partition coefficient (Wildman–Crippen LogP) is 10.7. The molecule has 0 aliphatic carbocycles. The number of nitrogens with one attached hydrogen (secondary N) is 2. The van der Waals surface area contributed by atoms with Crippen LogP contribution in [0.15, 0.2) is 170 Å². The van der Waals surface area contributed by atoms with Gasteiger partial charge in [0, 0.05) is 33.6 Å². The van der Waals surface area contributed by atoms with E-state index in [0.29, 0.717) is 45.6 Å². The summed E-state index contributed by atoms with van der Waals surface area (Å²) in [5.74, 6) is 2.67. The third-order valence-corrected chi connectivity index (χ3v) is 9.19. The second kappa shape index (κ2) is 14.8. The number of aromatic nitrogens is 6. The smallest absolute Gasteiger partial charge is 0.226 e. The van der Waals surface area contributed by atoms with Crippen LogP contribution in [-0.4, -0.2) is 29.9 Å². The van der Waals surface area contributed by atoms with E-state index in [1.807, 2.05) is 133 Å². The number of H-pyrrole nitrogens is 2. The SMILES string of the molecule is Nc1ccc(Oc2cc(Oc3ccc(N)cc3-c3nc(-c4ccccc4)c(-c4ccccc4)[nH]3)ncn2)c(-c2nc(-c3ccccc3)c(-c3ccccc3)[nH]2)c1. The molecule has 10 nitrogen and oxygen atoms in total. The standard InChI is InChI=1S/C46H34N8O2/c47-33-21-23-37(35(25-33)45-51-41(29-13-5-1-6-14-29)42(52-45)30-15-7-2-8-16-30)55-39-27-40(50-28-49-39)56-38-24-22-34(48)26-36(38)46-53-43(31-17-9-3-10-18-31)44(54-46)32-19-11-4-12-20-32/h1-28H,47-48H2,(H,51,52)(H,53,54). The largest absolute Gasteiger partial charge is 0.438 e. The first-order valence-corrected chi connectivity index (χ1v) is 17.9. The number of nitrogens with two attached hydrogens (primary N) is 2. The molecule has 0 saturated carbocycles. The number of nitrogen functional groups attached to an aromatic ring is 2. The average molecular weight is 731 g/mol. The van der Waals surface area contributed by atoms with Crippen LogP contribution in [0.1, 0.15) is 0 Å². The number of rotatable bonds is 10. The summed E-state index contributed by atoms with van der Waals surface area (Å²) >= 11 is 0. The molecule has 0 spiro atoms. The average Bonchev–Trinajstić information content (AvgIpc) is 3.90. The molecule has 56 heavy (non-hydrogen) atoms. The number of aromatic amines is 2. The molecule has 3 heterocycles. The van der Waals surface area contributed by atoms with Crippen LogP contribution in [0, 0.1) is 0 Å². The summed E-state index contributed by atoms with van der Waals surface area (Å²) in [7, 11) is 0. The van der Waals surface area contributed by atoms with Crippen LogP contribution in [0.5, 0.6) is 23.3 Å². The monoisotopic (exact) mass is 730 g/mol. The quantitative estimate of drug-likeness (QED) is 0.101. The Morgan fingerprint density at radius 2 is 0.786 bits per heavy atom. The van der Waals surface area contributed by atoms with Crippen molar-refractivity contribution in [2.75, 3.05) is 11.5 Å². The summed E-state index contributed by atoms with van der Waals surface area (Å²) in [6, 6.07) is 52.7. The first-order valence-electron chi connectivity index (χ1n) is 17.9. The maximum absolute atomic E-state index is 6.42. The van der Waals surface area contributed by atoms with E-state index in [1.54, 1.807) is 30.3 Å². The molecule has 0 bridgehead atoms. The van der Waals surface area contributed by atoms with E-state index in [9.17, 15) is 0 Å². The normalized spacial score (nSPS) is 11.0. The molecular formula is C46H34N8O2. The Hall–Kier alpha value is -7.98. The summed E-state index contributed by atoms with van der Waals surface area (Å²) in [5.41, 5.74) is 22.4. The van der Waals surface area contributed by atoms with Crippen molar-refractivity contribution in [2.24, 2.45) is 0 Å². The highest BCUT2D eigenvalue weighted by Crippen LogP contribution is 2.40. The van der Waals surface area contributed by atoms with E-state index in [2.05, 4.69) is 19.9 Å². The Balaban J connectivity index is 1.05. The molecule has 6 N–H and O–H groups in total. The summed E-state index contributed by atoms with van der Waals surface area (Å²) in [4.78, 5) is 26.0. The van der Waals surface area contributed by atoms with Gasteiger partial charge in [-0.1, -0.05) is 121 Å². The van der Waals surface area contributed by atoms with Crippen molar-refractivity contribution in [2.45, 2.75) is 0 Å². The fraction of sp³-hybridized carbons (Fsp3) is 0. The van der Waals surface area contributed by atoms with Gasteiger partial charge in [-0.15, -0.1) is 0 Å². The molecule has 0 saturated heterocycles. The predicted molar refractivity (Wildman–Crippen MR) is 221 cm³/mol. The van der Waals surface area contributed by atoms with Crippen molar-refractivity contribution >= 4 is 11.4 Å². The Bertz CT molecular complexity index is 2470. The Morgan fingerprint density at radius 1 is 0.411 bits per heavy atom. The van der Waals surface area contributed by atoms with Gasteiger partial charge < -0.3 is 30.9 Å². The molecule has 0 radical (unpaired) electrons. The van der Waals surface area contributed by atoms with Gasteiger partial charge in [0.25, 0.3) is 0 Å². The van der Waals surface area contributed by atoms with Crippen molar-refractivity contribution < 1.29 is 9.47 Å². The summed E-state index contributed by atoms with van der Waals surface area (Å²) in [6.45, 7) is 0. The van der Waals surface area contributed by atoms with Crippen LogP contribution in [0.4, 0.5) is 11.4 Å². The zero-order valence-electron chi connectivity index (χ0n) is 29.9. The number of nitrogens with zero attached hydrogens (tertiary/aromatic N) is 4. The Morgan fingerprint density at radius 3 is 1.18 bits per heavy atom. The molecule has 6 aromatic carbocycles. The van der Waals surface area contributed by atoms with Crippen LogP contribution in [0.3, 0.4) is 0 Å². The van der Waals surface area contributed by atoms with Gasteiger partial charge in [0.2, 0.25) is 11.8 Å². The van der Waals surface area contributed by atoms with Gasteiger partial charge in [-0.3, -0.25) is 0 Å². The number of benzene rings is 6. The maximum Gasteiger partial charge on any atom is 0.226 e. The molecule has 0 aliphatic rings. The van der Waals surface area contributed by atoms with Gasteiger partial charge in [-0.2, -0.15) is 0 Å². The summed E-state index contributed by atoms with van der Waals surface area (Å²) in [6.07, 6.45) is 1.39. The molecular weight excluding hydrogens is 697 g/mol. The van der Waals surface area contributed by atoms with E-state index in [-0.39, 0.29) is 11.8 Å². The van der Waals surface area contributed by atoms with Gasteiger partial charge in [0.1, 0.15) is 29.5 Å². The van der Waals surface area contributed by atoms with Gasteiger partial charge in [-0.05, 0) is 36.4 Å². The van der Waals surface area contributed by atoms with Crippen molar-refractivity contribution in [1.82, 2.24) is 29.9 Å². The zero-order chi connectivity index (χ0) is 37.8. The van der Waals surface area contributed by atoms with Crippen LogP contribution >= 0.6 is 0 Å². The molecule has 3 aromatic heterocycles. The van der Waals surface area contributed by atoms with Gasteiger partial charge in [-0.25, -0.2) is 19.9 Å². The second-order valence-electron chi connectivity index (χ2n) is 13.0. The Labute approximate surface area is 322 Å². The van der Waals surface area contributed by atoms with Gasteiger partial charge >= 0.3 is 0 Å². The molecule has 0 amide bonds. The highest BCUT2D eigenvalue weighted by Gasteiger charge is 2.21. The van der Waals surface area contributed by atoms with Crippen molar-refractivity contribution in [3.05, 3.63) is 170 Å². The number of imidazole rings is 2. The molecule has 0 aliphatic heterocycles. The first-order chi connectivity index (χ1) is 27.6.